The Hall–Kier alpha value is -2.74. The van der Waals surface area contributed by atoms with Crippen LogP contribution >= 0.6 is 0 Å². The number of benzene rings is 2. The Balaban J connectivity index is 2.38. The number of hydrogen-bond donors (Lipinski definition) is 2. The van der Waals surface area contributed by atoms with E-state index in [1.807, 2.05) is 0 Å². The third-order valence-corrected chi connectivity index (χ3v) is 3.83. The van der Waals surface area contributed by atoms with Gasteiger partial charge in [-0.2, -0.15) is 13.2 Å². The number of carbonyl (C=O) groups excluding carboxylic acids is 1. The summed E-state index contributed by atoms with van der Waals surface area (Å²) in [6.45, 7) is 1.68. The van der Waals surface area contributed by atoms with E-state index in [0.717, 1.165) is 12.1 Å². The van der Waals surface area contributed by atoms with Crippen LogP contribution < -0.4 is 20.5 Å². The molecule has 0 saturated carbocycles. The molecule has 0 atom stereocenters. The summed E-state index contributed by atoms with van der Waals surface area (Å²) < 4.78 is 49.4. The Labute approximate surface area is 148 Å². The molecule has 26 heavy (non-hydrogen) atoms. The summed E-state index contributed by atoms with van der Waals surface area (Å²) >= 11 is 0. The summed E-state index contributed by atoms with van der Waals surface area (Å²) in [6, 6.07) is 6.19. The van der Waals surface area contributed by atoms with E-state index in [1.54, 1.807) is 6.92 Å². The van der Waals surface area contributed by atoms with E-state index in [0.29, 0.717) is 17.1 Å². The van der Waals surface area contributed by atoms with E-state index in [-0.39, 0.29) is 23.4 Å². The standard InChI is InChI=1S/C18H19F3N2O3/c1-10-15(25-2)6-12(7-16(10)26-3)17(24)23-14-5-11(9-22)4-13(8-14)18(19,20)21/h4-8H,9,22H2,1-3H3,(H,23,24). The zero-order valence-electron chi connectivity index (χ0n) is 14.5. The van der Waals surface area contributed by atoms with Crippen molar-refractivity contribution in [1.82, 2.24) is 0 Å². The second-order valence-electron chi connectivity index (χ2n) is 5.58. The van der Waals surface area contributed by atoms with E-state index < -0.39 is 17.6 Å². The highest BCUT2D eigenvalue weighted by atomic mass is 19.4. The number of halogens is 3. The van der Waals surface area contributed by atoms with Crippen LogP contribution in [0.25, 0.3) is 0 Å². The van der Waals surface area contributed by atoms with Gasteiger partial charge in [0.2, 0.25) is 0 Å². The van der Waals surface area contributed by atoms with Gasteiger partial charge in [0.15, 0.2) is 0 Å². The zero-order valence-corrected chi connectivity index (χ0v) is 14.5. The van der Waals surface area contributed by atoms with Crippen LogP contribution in [0, 0.1) is 6.92 Å². The number of rotatable bonds is 5. The smallest absolute Gasteiger partial charge is 0.416 e. The maximum Gasteiger partial charge on any atom is 0.416 e. The van der Waals surface area contributed by atoms with Crippen LogP contribution in [-0.4, -0.2) is 20.1 Å². The molecule has 0 aliphatic carbocycles. The van der Waals surface area contributed by atoms with Crippen molar-refractivity contribution < 1.29 is 27.4 Å². The molecule has 2 rings (SSSR count). The van der Waals surface area contributed by atoms with Gasteiger partial charge in [0.05, 0.1) is 19.8 Å². The molecule has 5 nitrogen and oxygen atoms in total. The van der Waals surface area contributed by atoms with Crippen molar-refractivity contribution in [2.45, 2.75) is 19.6 Å². The summed E-state index contributed by atoms with van der Waals surface area (Å²) in [5, 5.41) is 2.46. The first-order valence-corrected chi connectivity index (χ1v) is 7.64. The molecule has 0 spiro atoms. The second kappa shape index (κ2) is 7.65. The van der Waals surface area contributed by atoms with Gasteiger partial charge >= 0.3 is 6.18 Å². The fourth-order valence-electron chi connectivity index (χ4n) is 2.47. The quantitative estimate of drug-likeness (QED) is 0.843. The average molecular weight is 368 g/mol. The van der Waals surface area contributed by atoms with Gasteiger partial charge < -0.3 is 20.5 Å². The van der Waals surface area contributed by atoms with Gasteiger partial charge in [-0.25, -0.2) is 0 Å². The molecule has 0 aromatic heterocycles. The van der Waals surface area contributed by atoms with Crippen LogP contribution in [-0.2, 0) is 12.7 Å². The number of nitrogens with one attached hydrogen (secondary N) is 1. The first-order chi connectivity index (χ1) is 12.2. The minimum absolute atomic E-state index is 0.00350. The third-order valence-electron chi connectivity index (χ3n) is 3.83. The van der Waals surface area contributed by atoms with E-state index in [9.17, 15) is 18.0 Å². The van der Waals surface area contributed by atoms with Gasteiger partial charge in [-0.1, -0.05) is 0 Å². The number of ether oxygens (including phenoxy) is 2. The molecular weight excluding hydrogens is 349 g/mol. The number of anilines is 1. The molecule has 0 fully saturated rings. The molecule has 0 aliphatic rings. The minimum Gasteiger partial charge on any atom is -0.496 e. The SMILES string of the molecule is COc1cc(C(=O)Nc2cc(CN)cc(C(F)(F)F)c2)cc(OC)c1C. The summed E-state index contributed by atoms with van der Waals surface area (Å²) in [7, 11) is 2.90. The van der Waals surface area contributed by atoms with E-state index in [1.165, 1.54) is 32.4 Å². The minimum atomic E-state index is -4.54. The molecule has 0 saturated heterocycles. The van der Waals surface area contributed by atoms with E-state index in [2.05, 4.69) is 5.32 Å². The number of amides is 1. The van der Waals surface area contributed by atoms with Gasteiger partial charge in [-0.3, -0.25) is 4.79 Å². The molecule has 2 aromatic carbocycles. The number of nitrogens with two attached hydrogens (primary N) is 1. The molecule has 0 aliphatic heterocycles. The van der Waals surface area contributed by atoms with Crippen LogP contribution in [0.15, 0.2) is 30.3 Å². The molecule has 0 heterocycles. The fourth-order valence-corrected chi connectivity index (χ4v) is 2.47. The molecular formula is C18H19F3N2O3. The van der Waals surface area contributed by atoms with Crippen molar-refractivity contribution in [3.63, 3.8) is 0 Å². The highest BCUT2D eigenvalue weighted by Crippen LogP contribution is 2.33. The first kappa shape index (κ1) is 19.6. The van der Waals surface area contributed by atoms with Crippen LogP contribution in [0.5, 0.6) is 11.5 Å². The topological polar surface area (TPSA) is 73.6 Å². The van der Waals surface area contributed by atoms with E-state index in [4.69, 9.17) is 15.2 Å². The Bertz CT molecular complexity index is 795. The monoisotopic (exact) mass is 368 g/mol. The highest BCUT2D eigenvalue weighted by Gasteiger charge is 2.31. The van der Waals surface area contributed by atoms with Crippen molar-refractivity contribution in [2.75, 3.05) is 19.5 Å². The molecule has 0 radical (unpaired) electrons. The Morgan fingerprint density at radius 2 is 1.65 bits per heavy atom. The maximum atomic E-state index is 13.0. The highest BCUT2D eigenvalue weighted by molar-refractivity contribution is 6.05. The zero-order chi connectivity index (χ0) is 19.5. The van der Waals surface area contributed by atoms with Crippen molar-refractivity contribution in [2.24, 2.45) is 5.73 Å². The van der Waals surface area contributed by atoms with Crippen molar-refractivity contribution in [3.05, 3.63) is 52.6 Å². The van der Waals surface area contributed by atoms with Gasteiger partial charge in [0, 0.05) is 23.4 Å². The molecule has 1 amide bonds. The summed E-state index contributed by atoms with van der Waals surface area (Å²) in [5.41, 5.74) is 5.73. The largest absolute Gasteiger partial charge is 0.496 e. The Kier molecular flexibility index (Phi) is 5.76. The van der Waals surface area contributed by atoms with Gasteiger partial charge in [0.1, 0.15) is 11.5 Å². The summed E-state index contributed by atoms with van der Waals surface area (Å²) in [4.78, 5) is 12.5. The fraction of sp³-hybridized carbons (Fsp3) is 0.278. The molecule has 0 bridgehead atoms. The van der Waals surface area contributed by atoms with Crippen LogP contribution in [0.1, 0.15) is 27.0 Å². The maximum absolute atomic E-state index is 13.0. The average Bonchev–Trinajstić information content (AvgIpc) is 2.60. The van der Waals surface area contributed by atoms with Gasteiger partial charge in [0.25, 0.3) is 5.91 Å². The molecule has 3 N–H and O–H groups in total. The van der Waals surface area contributed by atoms with Crippen LogP contribution in [0.2, 0.25) is 0 Å². The number of methoxy groups -OCH3 is 2. The predicted molar refractivity (Wildman–Crippen MR) is 91.6 cm³/mol. The molecule has 0 unspecified atom stereocenters. The Morgan fingerprint density at radius 3 is 2.12 bits per heavy atom. The summed E-state index contributed by atoms with van der Waals surface area (Å²) in [5.74, 6) is 0.270. The lowest BCUT2D eigenvalue weighted by Crippen LogP contribution is -2.15. The van der Waals surface area contributed by atoms with Crippen molar-refractivity contribution in [1.29, 1.82) is 0 Å². The molecule has 2 aromatic rings. The number of carbonyl (C=O) groups is 1. The van der Waals surface area contributed by atoms with Crippen molar-refractivity contribution >= 4 is 11.6 Å². The normalized spacial score (nSPS) is 11.2. The third kappa shape index (κ3) is 4.26. The first-order valence-electron chi connectivity index (χ1n) is 7.64. The van der Waals surface area contributed by atoms with Gasteiger partial charge in [-0.05, 0) is 42.8 Å². The van der Waals surface area contributed by atoms with Gasteiger partial charge in [-0.15, -0.1) is 0 Å². The van der Waals surface area contributed by atoms with E-state index >= 15 is 0 Å². The lowest BCUT2D eigenvalue weighted by Gasteiger charge is -2.14. The summed E-state index contributed by atoms with van der Waals surface area (Å²) in [6.07, 6.45) is -4.54. The molecule has 8 heteroatoms. The number of hydrogen-bond acceptors (Lipinski definition) is 4. The number of alkyl halides is 3. The predicted octanol–water partition coefficient (Wildman–Crippen LogP) is 3.74. The van der Waals surface area contributed by atoms with Crippen molar-refractivity contribution in [3.8, 4) is 11.5 Å². The Morgan fingerprint density at radius 1 is 1.08 bits per heavy atom. The van der Waals surface area contributed by atoms with Crippen LogP contribution in [0.3, 0.4) is 0 Å². The van der Waals surface area contributed by atoms with Crippen LogP contribution in [0.4, 0.5) is 18.9 Å². The second-order valence-corrected chi connectivity index (χ2v) is 5.58. The lowest BCUT2D eigenvalue weighted by atomic mass is 10.1. The molecule has 140 valence electrons. The lowest BCUT2D eigenvalue weighted by molar-refractivity contribution is -0.137.